The van der Waals surface area contributed by atoms with Gasteiger partial charge in [0.05, 0.1) is 6.54 Å². The Hall–Kier alpha value is -2.55. The molecule has 1 aromatic carbocycles. The molecule has 8 nitrogen and oxygen atoms in total. The van der Waals surface area contributed by atoms with Gasteiger partial charge < -0.3 is 14.8 Å². The van der Waals surface area contributed by atoms with Crippen LogP contribution in [0, 0.1) is 0 Å². The number of nitrogens with zero attached hydrogens (tertiary/aromatic N) is 6. The average Bonchev–Trinajstić information content (AvgIpc) is 3.49. The first-order valence-corrected chi connectivity index (χ1v) is 11.9. The van der Waals surface area contributed by atoms with E-state index in [0.29, 0.717) is 18.2 Å². The van der Waals surface area contributed by atoms with E-state index < -0.39 is 10.8 Å². The molecule has 1 fully saturated rings. The molecule has 1 aliphatic heterocycles. The molecule has 9 heteroatoms. The van der Waals surface area contributed by atoms with Crippen LogP contribution in [0.4, 0.5) is 11.6 Å². The number of hydrogen-bond acceptors (Lipinski definition) is 7. The van der Waals surface area contributed by atoms with Gasteiger partial charge in [-0.2, -0.15) is 0 Å². The van der Waals surface area contributed by atoms with E-state index >= 15 is 0 Å². The van der Waals surface area contributed by atoms with Crippen molar-refractivity contribution in [1.82, 2.24) is 25.0 Å². The van der Waals surface area contributed by atoms with Gasteiger partial charge in [-0.1, -0.05) is 24.3 Å². The molecule has 3 heterocycles. The molecule has 1 atom stereocenters. The number of hydrogen-bond donors (Lipinski definition) is 1. The molecule has 0 radical (unpaired) electrons. The van der Waals surface area contributed by atoms with Crippen LogP contribution < -0.4 is 10.2 Å². The molecular formula is C20H25N7OS. The third kappa shape index (κ3) is 3.71. The minimum absolute atomic E-state index is 0.610. The summed E-state index contributed by atoms with van der Waals surface area (Å²) >= 11 is 0. The molecular weight excluding hydrogens is 386 g/mol. The zero-order valence-electron chi connectivity index (χ0n) is 16.5. The fourth-order valence-electron chi connectivity index (χ4n) is 3.94. The molecule has 0 amide bonds. The van der Waals surface area contributed by atoms with Crippen molar-refractivity contribution < 1.29 is 4.21 Å². The first kappa shape index (κ1) is 18.5. The first-order chi connectivity index (χ1) is 14.2. The van der Waals surface area contributed by atoms with Gasteiger partial charge in [-0.3, -0.25) is 4.21 Å². The molecule has 0 saturated heterocycles. The summed E-state index contributed by atoms with van der Waals surface area (Å²) in [6.07, 6.45) is 5.05. The zero-order valence-corrected chi connectivity index (χ0v) is 17.4. The molecule has 1 aliphatic carbocycles. The Morgan fingerprint density at radius 3 is 2.72 bits per heavy atom. The van der Waals surface area contributed by atoms with Crippen LogP contribution in [0.5, 0.6) is 0 Å². The Kier molecular flexibility index (Phi) is 4.91. The van der Waals surface area contributed by atoms with E-state index in [1.54, 1.807) is 6.26 Å². The molecule has 1 unspecified atom stereocenters. The fourth-order valence-corrected chi connectivity index (χ4v) is 4.49. The molecule has 0 spiro atoms. The second kappa shape index (κ2) is 7.70. The Labute approximate surface area is 172 Å². The van der Waals surface area contributed by atoms with Gasteiger partial charge in [-0.25, -0.2) is 0 Å². The van der Waals surface area contributed by atoms with Crippen molar-refractivity contribution in [3.63, 3.8) is 0 Å². The minimum atomic E-state index is -0.769. The summed E-state index contributed by atoms with van der Waals surface area (Å²) in [7, 11) is -0.769. The van der Waals surface area contributed by atoms with Crippen molar-refractivity contribution in [2.45, 2.75) is 38.3 Å². The van der Waals surface area contributed by atoms with Crippen molar-refractivity contribution in [3.05, 3.63) is 35.9 Å². The lowest BCUT2D eigenvalue weighted by molar-refractivity contribution is 0.540. The maximum Gasteiger partial charge on any atom is 0.159 e. The fraction of sp³-hybridized carbons (Fsp3) is 0.500. The highest BCUT2D eigenvalue weighted by Gasteiger charge is 2.32. The van der Waals surface area contributed by atoms with Crippen LogP contribution in [0.3, 0.4) is 0 Å². The van der Waals surface area contributed by atoms with Gasteiger partial charge in [0.15, 0.2) is 17.5 Å². The summed E-state index contributed by atoms with van der Waals surface area (Å²) in [4.78, 5) is 2.25. The molecule has 3 aromatic rings. The lowest BCUT2D eigenvalue weighted by atomic mass is 10.1. The summed E-state index contributed by atoms with van der Waals surface area (Å²) in [6.45, 7) is 3.19. The lowest BCUT2D eigenvalue weighted by Crippen LogP contribution is -2.35. The second-order valence-corrected chi connectivity index (χ2v) is 9.35. The highest BCUT2D eigenvalue weighted by molar-refractivity contribution is 7.84. The number of nitrogens with one attached hydrogen (secondary N) is 1. The number of benzene rings is 1. The van der Waals surface area contributed by atoms with E-state index in [9.17, 15) is 4.21 Å². The van der Waals surface area contributed by atoms with E-state index in [0.717, 1.165) is 60.1 Å². The molecule has 1 N–H and O–H groups in total. The largest absolute Gasteiger partial charge is 0.368 e. The van der Waals surface area contributed by atoms with E-state index in [1.165, 1.54) is 12.8 Å². The number of rotatable bonds is 7. The summed E-state index contributed by atoms with van der Waals surface area (Å²) < 4.78 is 13.5. The van der Waals surface area contributed by atoms with Crippen LogP contribution in [-0.2, 0) is 23.9 Å². The van der Waals surface area contributed by atoms with E-state index in [2.05, 4.69) is 47.3 Å². The quantitative estimate of drug-likeness (QED) is 0.597. The van der Waals surface area contributed by atoms with Gasteiger partial charge in [0, 0.05) is 59.1 Å². The second-order valence-electron chi connectivity index (χ2n) is 7.80. The predicted molar refractivity (Wildman–Crippen MR) is 115 cm³/mol. The Balaban J connectivity index is 1.39. The normalized spacial score (nSPS) is 17.3. The maximum atomic E-state index is 11.3. The van der Waals surface area contributed by atoms with Gasteiger partial charge in [0.1, 0.15) is 5.82 Å². The van der Waals surface area contributed by atoms with Crippen molar-refractivity contribution in [1.29, 1.82) is 0 Å². The van der Waals surface area contributed by atoms with Crippen molar-refractivity contribution in [2.75, 3.05) is 35.3 Å². The van der Waals surface area contributed by atoms with Crippen LogP contribution in [0.25, 0.3) is 10.8 Å². The zero-order chi connectivity index (χ0) is 19.8. The number of fused-ring (bicyclic) bond motifs is 2. The summed E-state index contributed by atoms with van der Waals surface area (Å²) in [6, 6.07) is 8.23. The average molecular weight is 412 g/mol. The molecule has 0 bridgehead atoms. The van der Waals surface area contributed by atoms with Crippen LogP contribution in [-0.4, -0.2) is 54.3 Å². The molecule has 29 heavy (non-hydrogen) atoms. The van der Waals surface area contributed by atoms with E-state index in [4.69, 9.17) is 0 Å². The van der Waals surface area contributed by atoms with Crippen LogP contribution in [0.1, 0.15) is 36.8 Å². The topological polar surface area (TPSA) is 88.8 Å². The van der Waals surface area contributed by atoms with Crippen LogP contribution >= 0.6 is 0 Å². The predicted octanol–water partition coefficient (Wildman–Crippen LogP) is 2.30. The Bertz CT molecular complexity index is 1060. The first-order valence-electron chi connectivity index (χ1n) is 10.2. The summed E-state index contributed by atoms with van der Waals surface area (Å²) in [5.74, 6) is 5.14. The molecule has 2 aromatic heterocycles. The van der Waals surface area contributed by atoms with E-state index in [-0.39, 0.29) is 0 Å². The Morgan fingerprint density at radius 2 is 1.93 bits per heavy atom. The third-order valence-corrected chi connectivity index (χ3v) is 6.46. The maximum absolute atomic E-state index is 11.3. The smallest absolute Gasteiger partial charge is 0.159 e. The van der Waals surface area contributed by atoms with Crippen LogP contribution in [0.2, 0.25) is 0 Å². The highest BCUT2D eigenvalue weighted by atomic mass is 32.2. The molecule has 1 saturated carbocycles. The van der Waals surface area contributed by atoms with Gasteiger partial charge in [-0.15, -0.1) is 20.4 Å². The molecule has 2 aliphatic rings. The van der Waals surface area contributed by atoms with Crippen molar-refractivity contribution >= 4 is 33.2 Å². The van der Waals surface area contributed by atoms with Gasteiger partial charge in [0.25, 0.3) is 0 Å². The van der Waals surface area contributed by atoms with Crippen molar-refractivity contribution in [2.24, 2.45) is 0 Å². The summed E-state index contributed by atoms with van der Waals surface area (Å²) in [5, 5.41) is 23.4. The minimum Gasteiger partial charge on any atom is -0.368 e. The molecule has 5 rings (SSSR count). The van der Waals surface area contributed by atoms with Crippen molar-refractivity contribution in [3.8, 4) is 0 Å². The van der Waals surface area contributed by atoms with Gasteiger partial charge in [0.2, 0.25) is 0 Å². The highest BCUT2D eigenvalue weighted by Crippen LogP contribution is 2.40. The monoisotopic (exact) mass is 411 g/mol. The standard InChI is InChI=1S/C20H25N7OS/c1-29(28)12-4-9-21-18-15-5-2-3-6-16(15)20(25-23-18)26-10-11-27-17(13-26)22-24-19(27)14-7-8-14/h2-3,5-6,14H,4,7-13H2,1H3,(H,21,23). The third-order valence-electron chi connectivity index (χ3n) is 5.59. The SMILES string of the molecule is CS(=O)CCCNc1nnc(N2CCn3c(nnc3C3CC3)C2)c2ccccc12. The van der Waals surface area contributed by atoms with Crippen LogP contribution in [0.15, 0.2) is 24.3 Å². The summed E-state index contributed by atoms with van der Waals surface area (Å²) in [5.41, 5.74) is 0. The Morgan fingerprint density at radius 1 is 1.10 bits per heavy atom. The number of aromatic nitrogens is 5. The lowest BCUT2D eigenvalue weighted by Gasteiger charge is -2.29. The van der Waals surface area contributed by atoms with Gasteiger partial charge >= 0.3 is 0 Å². The van der Waals surface area contributed by atoms with Gasteiger partial charge in [-0.05, 0) is 19.3 Å². The van der Waals surface area contributed by atoms with E-state index in [1.807, 2.05) is 12.1 Å². The molecule has 152 valence electrons. The number of anilines is 2.